The van der Waals surface area contributed by atoms with Gasteiger partial charge in [0.1, 0.15) is 0 Å². The molecule has 4 nitrogen and oxygen atoms in total. The van der Waals surface area contributed by atoms with E-state index in [-0.39, 0.29) is 11.9 Å². The fourth-order valence-corrected chi connectivity index (χ4v) is 4.41. The number of carbonyl (C=O) groups excluding carboxylic acids is 1. The smallest absolute Gasteiger partial charge is 0.224 e. The van der Waals surface area contributed by atoms with E-state index < -0.39 is 0 Å². The largest absolute Gasteiger partial charge is 0.379 e. The summed E-state index contributed by atoms with van der Waals surface area (Å²) in [5.74, 6) is 0.0693. The van der Waals surface area contributed by atoms with Gasteiger partial charge in [-0.2, -0.15) is 11.3 Å². The van der Waals surface area contributed by atoms with Crippen LogP contribution >= 0.6 is 11.3 Å². The standard InChI is InChI=1S/C22H24N2O2S/c25-22(14-18-6-3-5-17-4-1-2-7-20(17)18)23-15-21(19-8-13-27-16-19)24-9-11-26-12-10-24/h1-8,13,16,21H,9-12,14-15H2,(H,23,25)/t21-/m1/s1. The minimum absolute atomic E-state index is 0.0693. The Kier molecular flexibility index (Phi) is 5.82. The molecule has 1 aliphatic rings. The average Bonchev–Trinajstić information content (AvgIpc) is 3.24. The highest BCUT2D eigenvalue weighted by Crippen LogP contribution is 2.24. The first kappa shape index (κ1) is 18.2. The molecule has 0 spiro atoms. The van der Waals surface area contributed by atoms with Crippen molar-refractivity contribution in [2.45, 2.75) is 12.5 Å². The Labute approximate surface area is 163 Å². The number of rotatable bonds is 6. The lowest BCUT2D eigenvalue weighted by Crippen LogP contribution is -2.43. The Morgan fingerprint density at radius 2 is 1.93 bits per heavy atom. The molecule has 1 saturated heterocycles. The van der Waals surface area contributed by atoms with Gasteiger partial charge in [-0.25, -0.2) is 0 Å². The zero-order valence-electron chi connectivity index (χ0n) is 15.3. The van der Waals surface area contributed by atoms with Crippen LogP contribution in [-0.2, 0) is 16.0 Å². The lowest BCUT2D eigenvalue weighted by atomic mass is 10.0. The molecule has 0 unspecified atom stereocenters. The number of amides is 1. The lowest BCUT2D eigenvalue weighted by Gasteiger charge is -2.34. The molecule has 2 heterocycles. The van der Waals surface area contributed by atoms with Crippen molar-refractivity contribution in [3.8, 4) is 0 Å². The SMILES string of the molecule is O=C(Cc1cccc2ccccc12)NC[C@H](c1ccsc1)N1CCOCC1. The predicted octanol–water partition coefficient (Wildman–Crippen LogP) is 3.63. The zero-order valence-corrected chi connectivity index (χ0v) is 16.1. The van der Waals surface area contributed by atoms with Crippen LogP contribution in [0.15, 0.2) is 59.3 Å². The monoisotopic (exact) mass is 380 g/mol. The number of hydrogen-bond acceptors (Lipinski definition) is 4. The molecule has 5 heteroatoms. The number of thiophene rings is 1. The summed E-state index contributed by atoms with van der Waals surface area (Å²) >= 11 is 1.70. The third-order valence-electron chi connectivity index (χ3n) is 5.14. The molecule has 1 aromatic heterocycles. The molecule has 140 valence electrons. The van der Waals surface area contributed by atoms with Crippen molar-refractivity contribution in [2.24, 2.45) is 0 Å². The van der Waals surface area contributed by atoms with Gasteiger partial charge < -0.3 is 10.1 Å². The second-order valence-corrected chi connectivity index (χ2v) is 7.62. The van der Waals surface area contributed by atoms with E-state index in [1.165, 1.54) is 10.9 Å². The number of fused-ring (bicyclic) bond motifs is 1. The van der Waals surface area contributed by atoms with Gasteiger partial charge in [0, 0.05) is 19.6 Å². The van der Waals surface area contributed by atoms with Crippen LogP contribution in [0.25, 0.3) is 10.8 Å². The van der Waals surface area contributed by atoms with E-state index in [1.54, 1.807) is 11.3 Å². The highest BCUT2D eigenvalue weighted by atomic mass is 32.1. The maximum absolute atomic E-state index is 12.7. The molecule has 1 aliphatic heterocycles. The summed E-state index contributed by atoms with van der Waals surface area (Å²) in [6.07, 6.45) is 0.404. The molecular weight excluding hydrogens is 356 g/mol. The fourth-order valence-electron chi connectivity index (χ4n) is 3.70. The Hall–Kier alpha value is -2.21. The molecular formula is C22H24N2O2S. The van der Waals surface area contributed by atoms with Crippen LogP contribution in [0.4, 0.5) is 0 Å². The van der Waals surface area contributed by atoms with E-state index in [4.69, 9.17) is 4.74 Å². The molecule has 4 rings (SSSR count). The number of carbonyl (C=O) groups is 1. The Bertz CT molecular complexity index is 883. The number of hydrogen-bond donors (Lipinski definition) is 1. The Morgan fingerprint density at radius 3 is 2.74 bits per heavy atom. The first-order valence-electron chi connectivity index (χ1n) is 9.38. The number of morpholine rings is 1. The summed E-state index contributed by atoms with van der Waals surface area (Å²) in [5.41, 5.74) is 2.34. The summed E-state index contributed by atoms with van der Waals surface area (Å²) in [6, 6.07) is 16.7. The molecule has 0 aliphatic carbocycles. The second kappa shape index (κ2) is 8.65. The van der Waals surface area contributed by atoms with Crippen molar-refractivity contribution < 1.29 is 9.53 Å². The molecule has 27 heavy (non-hydrogen) atoms. The van der Waals surface area contributed by atoms with E-state index in [0.29, 0.717) is 13.0 Å². The van der Waals surface area contributed by atoms with Crippen LogP contribution in [0.1, 0.15) is 17.2 Å². The number of benzene rings is 2. The third-order valence-corrected chi connectivity index (χ3v) is 5.84. The topological polar surface area (TPSA) is 41.6 Å². The van der Waals surface area contributed by atoms with E-state index >= 15 is 0 Å². The summed E-state index contributed by atoms with van der Waals surface area (Å²) < 4.78 is 5.49. The van der Waals surface area contributed by atoms with E-state index in [2.05, 4.69) is 45.2 Å². The van der Waals surface area contributed by atoms with Crippen LogP contribution in [0.2, 0.25) is 0 Å². The Morgan fingerprint density at radius 1 is 1.11 bits per heavy atom. The fraction of sp³-hybridized carbons (Fsp3) is 0.318. The van der Waals surface area contributed by atoms with Crippen LogP contribution in [0, 0.1) is 0 Å². The summed E-state index contributed by atoms with van der Waals surface area (Å²) in [4.78, 5) is 15.1. The van der Waals surface area contributed by atoms with Gasteiger partial charge in [0.15, 0.2) is 0 Å². The molecule has 1 atom stereocenters. The predicted molar refractivity (Wildman–Crippen MR) is 110 cm³/mol. The second-order valence-electron chi connectivity index (χ2n) is 6.84. The van der Waals surface area contributed by atoms with Crippen molar-refractivity contribution in [1.29, 1.82) is 0 Å². The Balaban J connectivity index is 1.43. The van der Waals surface area contributed by atoms with Gasteiger partial charge in [0.05, 0.1) is 25.7 Å². The van der Waals surface area contributed by atoms with Gasteiger partial charge in [-0.1, -0.05) is 42.5 Å². The van der Waals surface area contributed by atoms with Gasteiger partial charge in [-0.05, 0) is 38.7 Å². The van der Waals surface area contributed by atoms with E-state index in [1.807, 2.05) is 24.3 Å². The maximum atomic E-state index is 12.7. The van der Waals surface area contributed by atoms with E-state index in [9.17, 15) is 4.79 Å². The number of nitrogens with zero attached hydrogens (tertiary/aromatic N) is 1. The van der Waals surface area contributed by atoms with Gasteiger partial charge in [-0.3, -0.25) is 9.69 Å². The van der Waals surface area contributed by atoms with E-state index in [0.717, 1.165) is 37.3 Å². The van der Waals surface area contributed by atoms with Gasteiger partial charge in [-0.15, -0.1) is 0 Å². The maximum Gasteiger partial charge on any atom is 0.224 e. The first-order chi connectivity index (χ1) is 13.3. The highest BCUT2D eigenvalue weighted by molar-refractivity contribution is 7.07. The molecule has 0 radical (unpaired) electrons. The molecule has 0 saturated carbocycles. The minimum atomic E-state index is 0.0693. The molecule has 1 amide bonds. The highest BCUT2D eigenvalue weighted by Gasteiger charge is 2.23. The summed E-state index contributed by atoms with van der Waals surface area (Å²) in [5, 5.41) is 9.76. The van der Waals surface area contributed by atoms with Gasteiger partial charge in [0.25, 0.3) is 0 Å². The molecule has 0 bridgehead atoms. The van der Waals surface area contributed by atoms with Crippen molar-refractivity contribution in [3.63, 3.8) is 0 Å². The van der Waals surface area contributed by atoms with Crippen LogP contribution in [0.3, 0.4) is 0 Å². The third kappa shape index (κ3) is 4.38. The molecule has 2 aromatic carbocycles. The summed E-state index contributed by atoms with van der Waals surface area (Å²) in [7, 11) is 0. The van der Waals surface area contributed by atoms with Crippen molar-refractivity contribution in [1.82, 2.24) is 10.2 Å². The molecule has 3 aromatic rings. The summed E-state index contributed by atoms with van der Waals surface area (Å²) in [6.45, 7) is 3.94. The average molecular weight is 381 g/mol. The normalized spacial score (nSPS) is 16.3. The minimum Gasteiger partial charge on any atom is -0.379 e. The number of ether oxygens (including phenoxy) is 1. The van der Waals surface area contributed by atoms with Crippen LogP contribution < -0.4 is 5.32 Å². The molecule has 1 N–H and O–H groups in total. The first-order valence-corrected chi connectivity index (χ1v) is 10.3. The van der Waals surface area contributed by atoms with Crippen molar-refractivity contribution in [2.75, 3.05) is 32.8 Å². The number of nitrogens with one attached hydrogen (secondary N) is 1. The van der Waals surface area contributed by atoms with Crippen molar-refractivity contribution >= 4 is 28.0 Å². The van der Waals surface area contributed by atoms with Crippen LogP contribution in [-0.4, -0.2) is 43.7 Å². The van der Waals surface area contributed by atoms with Gasteiger partial charge in [0.2, 0.25) is 5.91 Å². The van der Waals surface area contributed by atoms with Gasteiger partial charge >= 0.3 is 0 Å². The zero-order chi connectivity index (χ0) is 18.5. The molecule has 1 fully saturated rings. The van der Waals surface area contributed by atoms with Crippen LogP contribution in [0.5, 0.6) is 0 Å². The van der Waals surface area contributed by atoms with Crippen molar-refractivity contribution in [3.05, 3.63) is 70.4 Å². The quantitative estimate of drug-likeness (QED) is 0.710. The lowest BCUT2D eigenvalue weighted by molar-refractivity contribution is -0.120.